The van der Waals surface area contributed by atoms with Crippen LogP contribution in [-0.2, 0) is 24.6 Å². The lowest BCUT2D eigenvalue weighted by Crippen LogP contribution is -2.71. The molecule has 2 aliphatic heterocycles. The molecule has 2 aromatic rings. The number of nitrogens with zero attached hydrogens (tertiary/aromatic N) is 4. The number of rotatable bonds is 5. The molecule has 0 radical (unpaired) electrons. The molecule has 6 rings (SSSR count). The monoisotopic (exact) mass is 490 g/mol. The van der Waals surface area contributed by atoms with Crippen LogP contribution in [0.15, 0.2) is 30.5 Å². The molecule has 3 heterocycles. The van der Waals surface area contributed by atoms with Crippen molar-refractivity contribution in [2.75, 3.05) is 32.7 Å². The number of phenolic OH excluding ortho intramolecular Hbond substituents is 1. The van der Waals surface area contributed by atoms with E-state index >= 15 is 0 Å². The fourth-order valence-corrected chi connectivity index (χ4v) is 7.02. The zero-order valence-corrected chi connectivity index (χ0v) is 19.8. The summed E-state index contributed by atoms with van der Waals surface area (Å²) in [5.74, 6) is 0.977. The molecule has 3 fully saturated rings. The maximum Gasteiger partial charge on any atom is 0.435 e. The normalized spacial score (nSPS) is 31.6. The van der Waals surface area contributed by atoms with Gasteiger partial charge in [-0.15, -0.1) is 0 Å². The van der Waals surface area contributed by atoms with Crippen molar-refractivity contribution in [3.05, 3.63) is 47.3 Å². The molecule has 190 valence electrons. The van der Waals surface area contributed by atoms with Crippen LogP contribution >= 0.6 is 0 Å². The van der Waals surface area contributed by atoms with Crippen molar-refractivity contribution in [1.29, 1.82) is 0 Å². The molecule has 2 bridgehead atoms. The van der Waals surface area contributed by atoms with Crippen LogP contribution < -0.4 is 0 Å². The van der Waals surface area contributed by atoms with Crippen LogP contribution in [0.2, 0.25) is 0 Å². The molecule has 6 nitrogen and oxygen atoms in total. The molecule has 0 amide bonds. The fraction of sp³-hybridized carbons (Fsp3) is 0.654. The van der Waals surface area contributed by atoms with Gasteiger partial charge in [-0.3, -0.25) is 9.58 Å². The highest BCUT2D eigenvalue weighted by molar-refractivity contribution is 5.48. The van der Waals surface area contributed by atoms with Crippen LogP contribution in [0.3, 0.4) is 0 Å². The second kappa shape index (κ2) is 8.21. The number of likely N-dealkylation sites (tertiary alicyclic amines) is 2. The lowest BCUT2D eigenvalue weighted by Gasteiger charge is -2.61. The molecule has 4 aliphatic rings. The molecule has 1 aromatic heterocycles. The summed E-state index contributed by atoms with van der Waals surface area (Å²) in [6, 6.07) is 6.71. The van der Waals surface area contributed by atoms with E-state index in [1.54, 1.807) is 6.07 Å². The maximum atomic E-state index is 12.9. The summed E-state index contributed by atoms with van der Waals surface area (Å²) in [5, 5.41) is 26.5. The Morgan fingerprint density at radius 1 is 1.03 bits per heavy atom. The van der Waals surface area contributed by atoms with Crippen LogP contribution in [0.4, 0.5) is 13.2 Å². The summed E-state index contributed by atoms with van der Waals surface area (Å²) >= 11 is 0. The third kappa shape index (κ3) is 3.96. The van der Waals surface area contributed by atoms with Crippen molar-refractivity contribution in [3.8, 4) is 5.75 Å². The number of aromatic nitrogens is 2. The Morgan fingerprint density at radius 2 is 1.80 bits per heavy atom. The van der Waals surface area contributed by atoms with Gasteiger partial charge in [0.05, 0.1) is 12.1 Å². The Bertz CT molecular complexity index is 1100. The molecule has 9 heteroatoms. The fourth-order valence-electron chi connectivity index (χ4n) is 7.02. The van der Waals surface area contributed by atoms with Crippen molar-refractivity contribution < 1.29 is 23.4 Å². The number of aliphatic hydroxyl groups is 1. The van der Waals surface area contributed by atoms with E-state index in [2.05, 4.69) is 14.9 Å². The van der Waals surface area contributed by atoms with E-state index in [-0.39, 0.29) is 11.8 Å². The Hall–Kier alpha value is -2.10. The number of hydrogen-bond donors (Lipinski definition) is 2. The number of phenols is 1. The van der Waals surface area contributed by atoms with E-state index in [0.29, 0.717) is 26.1 Å². The molecular weight excluding hydrogens is 457 g/mol. The van der Waals surface area contributed by atoms with Crippen molar-refractivity contribution in [1.82, 2.24) is 19.6 Å². The van der Waals surface area contributed by atoms with Crippen LogP contribution in [0.5, 0.6) is 5.75 Å². The molecule has 35 heavy (non-hydrogen) atoms. The molecule has 3 unspecified atom stereocenters. The minimum atomic E-state index is -4.44. The predicted molar refractivity (Wildman–Crippen MR) is 124 cm³/mol. The average Bonchev–Trinajstić information content (AvgIpc) is 3.52. The van der Waals surface area contributed by atoms with Gasteiger partial charge in [-0.25, -0.2) is 0 Å². The largest absolute Gasteiger partial charge is 0.508 e. The zero-order chi connectivity index (χ0) is 24.4. The smallest absolute Gasteiger partial charge is 0.435 e. The van der Waals surface area contributed by atoms with Crippen molar-refractivity contribution in [3.63, 3.8) is 0 Å². The van der Waals surface area contributed by atoms with Gasteiger partial charge in [0, 0.05) is 37.3 Å². The number of fused-ring (bicyclic) bond motifs is 1. The van der Waals surface area contributed by atoms with Gasteiger partial charge in [-0.1, -0.05) is 6.07 Å². The number of piperidine rings is 1. The third-order valence-corrected chi connectivity index (χ3v) is 9.10. The second-order valence-corrected chi connectivity index (χ2v) is 11.1. The molecule has 3 atom stereocenters. The number of aromatic hydroxyl groups is 1. The zero-order valence-electron chi connectivity index (χ0n) is 19.8. The van der Waals surface area contributed by atoms with Gasteiger partial charge in [0.1, 0.15) is 5.75 Å². The van der Waals surface area contributed by atoms with Gasteiger partial charge in [-0.05, 0) is 86.9 Å². The van der Waals surface area contributed by atoms with Crippen LogP contribution in [0, 0.1) is 5.92 Å². The SMILES string of the molecule is Oc1ccc2c(c1)C13CCN(CCn4ccc(C(F)(F)F)n4)CCC1(O)C(C2)N(CC1CC1)CC3. The minimum absolute atomic E-state index is 0.0503. The highest BCUT2D eigenvalue weighted by Crippen LogP contribution is 2.56. The van der Waals surface area contributed by atoms with Gasteiger partial charge in [0.15, 0.2) is 5.69 Å². The highest BCUT2D eigenvalue weighted by atomic mass is 19.4. The van der Waals surface area contributed by atoms with E-state index in [9.17, 15) is 23.4 Å². The van der Waals surface area contributed by atoms with E-state index in [1.807, 2.05) is 12.1 Å². The predicted octanol–water partition coefficient (Wildman–Crippen LogP) is 3.41. The molecule has 2 saturated heterocycles. The summed E-state index contributed by atoms with van der Waals surface area (Å²) in [5.41, 5.74) is 0.126. The summed E-state index contributed by atoms with van der Waals surface area (Å²) in [6.45, 7) is 4.38. The second-order valence-electron chi connectivity index (χ2n) is 11.1. The Kier molecular flexibility index (Phi) is 5.47. The summed E-state index contributed by atoms with van der Waals surface area (Å²) < 4.78 is 40.1. The maximum absolute atomic E-state index is 12.9. The van der Waals surface area contributed by atoms with Crippen LogP contribution in [0.1, 0.15) is 48.9 Å². The van der Waals surface area contributed by atoms with E-state index in [1.165, 1.54) is 29.3 Å². The molecular formula is C26H33F3N4O2. The van der Waals surface area contributed by atoms with Crippen LogP contribution in [-0.4, -0.2) is 74.2 Å². The lowest BCUT2D eigenvalue weighted by molar-refractivity contribution is -0.149. The van der Waals surface area contributed by atoms with Gasteiger partial charge in [0.2, 0.25) is 0 Å². The first-order chi connectivity index (χ1) is 16.7. The number of alkyl halides is 3. The molecule has 1 aromatic carbocycles. The summed E-state index contributed by atoms with van der Waals surface area (Å²) in [7, 11) is 0. The van der Waals surface area contributed by atoms with Gasteiger partial charge in [0.25, 0.3) is 0 Å². The first kappa shape index (κ1) is 23.3. The first-order valence-corrected chi connectivity index (χ1v) is 12.8. The van der Waals surface area contributed by atoms with Gasteiger partial charge >= 0.3 is 6.18 Å². The molecule has 0 spiro atoms. The first-order valence-electron chi connectivity index (χ1n) is 12.8. The minimum Gasteiger partial charge on any atom is -0.508 e. The molecule has 2 aliphatic carbocycles. The Labute approximate surface area is 203 Å². The number of halogens is 3. The number of hydrogen-bond acceptors (Lipinski definition) is 5. The van der Waals surface area contributed by atoms with E-state index < -0.39 is 22.9 Å². The van der Waals surface area contributed by atoms with Gasteiger partial charge in [-0.2, -0.15) is 18.3 Å². The third-order valence-electron chi connectivity index (χ3n) is 9.10. The average molecular weight is 491 g/mol. The van der Waals surface area contributed by atoms with Crippen LogP contribution in [0.25, 0.3) is 0 Å². The Morgan fingerprint density at radius 3 is 2.54 bits per heavy atom. The molecule has 1 saturated carbocycles. The lowest BCUT2D eigenvalue weighted by atomic mass is 9.52. The Balaban J connectivity index is 1.26. The summed E-state index contributed by atoms with van der Waals surface area (Å²) in [4.78, 5) is 4.77. The van der Waals surface area contributed by atoms with Gasteiger partial charge < -0.3 is 15.1 Å². The number of benzene rings is 1. The van der Waals surface area contributed by atoms with Crippen molar-refractivity contribution in [2.24, 2.45) is 5.92 Å². The van der Waals surface area contributed by atoms with E-state index in [4.69, 9.17) is 0 Å². The molecule has 2 N–H and O–H groups in total. The standard InChI is InChI=1S/C26H33F3N4O2/c27-26(28,29)22-5-9-33(30-22)14-13-31-10-6-24-7-12-32(17-18-1-2-18)23(25(24,35)8-11-31)15-19-3-4-20(34)16-21(19)24/h3-5,9,16,18,23,34-35H,1-2,6-8,10-15,17H2. The van der Waals surface area contributed by atoms with E-state index in [0.717, 1.165) is 56.4 Å². The summed E-state index contributed by atoms with van der Waals surface area (Å²) in [6.07, 6.45) is 2.51. The van der Waals surface area contributed by atoms with Crippen molar-refractivity contribution >= 4 is 0 Å². The highest BCUT2D eigenvalue weighted by Gasteiger charge is 2.63. The topological polar surface area (TPSA) is 64.8 Å². The van der Waals surface area contributed by atoms with Crippen molar-refractivity contribution in [2.45, 2.75) is 68.3 Å². The quantitative estimate of drug-likeness (QED) is 0.673.